The van der Waals surface area contributed by atoms with Crippen LogP contribution in [-0.4, -0.2) is 0 Å². The molecule has 0 fully saturated rings. The van der Waals surface area contributed by atoms with Gasteiger partial charge in [0, 0.05) is 6.07 Å². The number of hydrogen-bond donors (Lipinski definition) is 0. The lowest BCUT2D eigenvalue weighted by molar-refractivity contribution is 0.253. The largest absolute Gasteiger partial charge is 0.489 e. The van der Waals surface area contributed by atoms with Gasteiger partial charge >= 0.3 is 0 Å². The van der Waals surface area contributed by atoms with Gasteiger partial charge in [0.15, 0.2) is 23.0 Å². The van der Waals surface area contributed by atoms with Crippen LogP contribution in [0.4, 0.5) is 0 Å². The number of ether oxygens (including phenoxy) is 6. The number of hydrogen-bond acceptors (Lipinski definition) is 6. The van der Waals surface area contributed by atoms with E-state index in [1.165, 1.54) is 22.3 Å². The highest BCUT2D eigenvalue weighted by Crippen LogP contribution is 2.33. The highest BCUT2D eigenvalue weighted by Gasteiger charge is 2.13. The first-order valence-electron chi connectivity index (χ1n) is 20.6. The summed E-state index contributed by atoms with van der Waals surface area (Å²) in [6.07, 6.45) is 0.835. The van der Waals surface area contributed by atoms with Crippen LogP contribution in [0.2, 0.25) is 0 Å². The predicted octanol–water partition coefficient (Wildman–Crippen LogP) is 13.0. The Morgan fingerprint density at radius 1 is 0.267 bits per heavy atom. The van der Waals surface area contributed by atoms with Gasteiger partial charge in [0.2, 0.25) is 0 Å². The summed E-state index contributed by atoms with van der Waals surface area (Å²) in [6, 6.07) is 51.6. The fourth-order valence-electron chi connectivity index (χ4n) is 6.46. The van der Waals surface area contributed by atoms with Crippen LogP contribution in [0, 0.1) is 27.7 Å². The Morgan fingerprint density at radius 3 is 0.867 bits per heavy atom. The van der Waals surface area contributed by atoms with Gasteiger partial charge in [-0.25, -0.2) is 0 Å². The van der Waals surface area contributed by atoms with E-state index in [0.717, 1.165) is 56.9 Å². The molecule has 7 aromatic rings. The van der Waals surface area contributed by atoms with Gasteiger partial charge < -0.3 is 28.4 Å². The molecular weight excluding hydrogens is 745 g/mol. The van der Waals surface area contributed by atoms with Gasteiger partial charge in [-0.2, -0.15) is 0 Å². The molecule has 0 saturated carbocycles. The monoisotopic (exact) mass is 798 g/mol. The summed E-state index contributed by atoms with van der Waals surface area (Å²) in [4.78, 5) is 0. The fourth-order valence-corrected chi connectivity index (χ4v) is 6.46. The van der Waals surface area contributed by atoms with Crippen molar-refractivity contribution in [3.05, 3.63) is 213 Å². The Hall–Kier alpha value is -6.66. The van der Waals surface area contributed by atoms with E-state index < -0.39 is 0 Å². The van der Waals surface area contributed by atoms with E-state index in [0.29, 0.717) is 62.6 Å². The maximum atomic E-state index is 6.41. The molecule has 0 amide bonds. The van der Waals surface area contributed by atoms with E-state index in [2.05, 4.69) is 144 Å². The molecule has 0 aliphatic rings. The van der Waals surface area contributed by atoms with Crippen LogP contribution in [0.3, 0.4) is 0 Å². The van der Waals surface area contributed by atoms with Crippen LogP contribution in [0.15, 0.2) is 152 Å². The first-order chi connectivity index (χ1) is 29.2. The molecule has 0 aliphatic heterocycles. The quantitative estimate of drug-likeness (QED) is 0.0812. The van der Waals surface area contributed by atoms with Crippen LogP contribution in [-0.2, 0) is 46.1 Å². The summed E-state index contributed by atoms with van der Waals surface area (Å²) >= 11 is 0. The topological polar surface area (TPSA) is 55.4 Å². The normalized spacial score (nSPS) is 10.9. The molecule has 0 radical (unpaired) electrons. The SMILES string of the molecule is CCc1cc(OCc2ccc(OCc3ccc(C)cc3)c(OCc3ccc(C)cc3)c2)cc(OCc2ccc(OCc3ccc(C)cc3)c(OCc3ccc(C)cc3)c2)c1. The first kappa shape index (κ1) is 41.5. The second kappa shape index (κ2) is 20.3. The van der Waals surface area contributed by atoms with Gasteiger partial charge in [-0.05, 0) is 109 Å². The molecule has 0 saturated heterocycles. The zero-order chi connectivity index (χ0) is 41.7. The van der Waals surface area contributed by atoms with Crippen LogP contribution in [0.1, 0.15) is 68.1 Å². The Balaban J connectivity index is 1.03. The number of aryl methyl sites for hydroxylation is 5. The van der Waals surface area contributed by atoms with E-state index in [-0.39, 0.29) is 0 Å². The molecule has 6 heteroatoms. The zero-order valence-electron chi connectivity index (χ0n) is 35.3. The van der Waals surface area contributed by atoms with E-state index >= 15 is 0 Å². The fraction of sp³-hybridized carbons (Fsp3) is 0.222. The molecule has 0 unspecified atom stereocenters. The van der Waals surface area contributed by atoms with Crippen molar-refractivity contribution >= 4 is 0 Å². The lowest BCUT2D eigenvalue weighted by Gasteiger charge is -2.16. The zero-order valence-corrected chi connectivity index (χ0v) is 35.3. The molecule has 0 spiro atoms. The standard InChI is InChI=1S/C54H54O6/c1-6-42-27-49(55-36-47-23-25-51(57-32-43-15-7-38(2)8-16-43)53(29-47)59-34-45-19-11-40(4)12-20-45)31-50(28-42)56-37-48-24-26-52(58-33-44-17-9-39(3)10-18-44)54(30-48)60-35-46-21-13-41(5)14-22-46/h7-31H,6,32-37H2,1-5H3. The summed E-state index contributed by atoms with van der Waals surface area (Å²) in [6.45, 7) is 12.9. The highest BCUT2D eigenvalue weighted by molar-refractivity contribution is 5.46. The van der Waals surface area contributed by atoms with Crippen LogP contribution >= 0.6 is 0 Å². The molecule has 0 aromatic heterocycles. The number of benzene rings is 7. The molecule has 306 valence electrons. The molecule has 60 heavy (non-hydrogen) atoms. The molecule has 0 bridgehead atoms. The van der Waals surface area contributed by atoms with Gasteiger partial charge in [-0.1, -0.05) is 138 Å². The van der Waals surface area contributed by atoms with E-state index in [9.17, 15) is 0 Å². The molecule has 0 heterocycles. The molecule has 0 aliphatic carbocycles. The average molecular weight is 799 g/mol. The highest BCUT2D eigenvalue weighted by atomic mass is 16.5. The Morgan fingerprint density at radius 2 is 0.550 bits per heavy atom. The molecule has 7 aromatic carbocycles. The lowest BCUT2D eigenvalue weighted by Crippen LogP contribution is -2.03. The van der Waals surface area contributed by atoms with E-state index in [1.54, 1.807) is 0 Å². The van der Waals surface area contributed by atoms with Crippen molar-refractivity contribution in [1.29, 1.82) is 0 Å². The third kappa shape index (κ3) is 12.2. The van der Waals surface area contributed by atoms with Crippen molar-refractivity contribution in [2.45, 2.75) is 80.7 Å². The van der Waals surface area contributed by atoms with Crippen molar-refractivity contribution in [2.75, 3.05) is 0 Å². The second-order valence-corrected chi connectivity index (χ2v) is 15.4. The lowest BCUT2D eigenvalue weighted by atomic mass is 10.1. The van der Waals surface area contributed by atoms with Crippen LogP contribution in [0.5, 0.6) is 34.5 Å². The Labute approximate surface area is 355 Å². The minimum atomic E-state index is 0.345. The molecule has 6 nitrogen and oxygen atoms in total. The van der Waals surface area contributed by atoms with E-state index in [4.69, 9.17) is 28.4 Å². The van der Waals surface area contributed by atoms with Crippen molar-refractivity contribution in [2.24, 2.45) is 0 Å². The van der Waals surface area contributed by atoms with Gasteiger partial charge in [0.25, 0.3) is 0 Å². The average Bonchev–Trinajstić information content (AvgIpc) is 3.27. The maximum Gasteiger partial charge on any atom is 0.162 e. The summed E-state index contributed by atoms with van der Waals surface area (Å²) in [5.41, 5.74) is 12.3. The molecular formula is C54H54O6. The predicted molar refractivity (Wildman–Crippen MR) is 239 cm³/mol. The molecule has 0 N–H and O–H groups in total. The Kier molecular flexibility index (Phi) is 14.1. The smallest absolute Gasteiger partial charge is 0.162 e. The van der Waals surface area contributed by atoms with Crippen molar-refractivity contribution in [3.8, 4) is 34.5 Å². The summed E-state index contributed by atoms with van der Waals surface area (Å²) in [5.74, 6) is 4.17. The van der Waals surface area contributed by atoms with Crippen LogP contribution in [0.25, 0.3) is 0 Å². The summed E-state index contributed by atoms with van der Waals surface area (Å²) in [7, 11) is 0. The third-order valence-electron chi connectivity index (χ3n) is 10.2. The van der Waals surface area contributed by atoms with Crippen LogP contribution < -0.4 is 28.4 Å². The van der Waals surface area contributed by atoms with Gasteiger partial charge in [0.1, 0.15) is 51.1 Å². The summed E-state index contributed by atoms with van der Waals surface area (Å²) in [5, 5.41) is 0. The molecule has 7 rings (SSSR count). The van der Waals surface area contributed by atoms with Crippen molar-refractivity contribution in [3.63, 3.8) is 0 Å². The summed E-state index contributed by atoms with van der Waals surface area (Å²) < 4.78 is 38.1. The van der Waals surface area contributed by atoms with Crippen molar-refractivity contribution < 1.29 is 28.4 Å². The minimum absolute atomic E-state index is 0.345. The maximum absolute atomic E-state index is 6.41. The first-order valence-corrected chi connectivity index (χ1v) is 20.6. The van der Waals surface area contributed by atoms with E-state index in [1.807, 2.05) is 42.5 Å². The second-order valence-electron chi connectivity index (χ2n) is 15.4. The third-order valence-corrected chi connectivity index (χ3v) is 10.2. The van der Waals surface area contributed by atoms with Gasteiger partial charge in [-0.3, -0.25) is 0 Å². The minimum Gasteiger partial charge on any atom is -0.489 e. The van der Waals surface area contributed by atoms with Gasteiger partial charge in [0.05, 0.1) is 0 Å². The Bertz CT molecular complexity index is 2270. The van der Waals surface area contributed by atoms with Crippen molar-refractivity contribution in [1.82, 2.24) is 0 Å². The number of rotatable bonds is 19. The molecule has 0 atom stereocenters. The van der Waals surface area contributed by atoms with Gasteiger partial charge in [-0.15, -0.1) is 0 Å².